The van der Waals surface area contributed by atoms with Gasteiger partial charge in [0.25, 0.3) is 0 Å². The van der Waals surface area contributed by atoms with Crippen LogP contribution in [0.4, 0.5) is 0 Å². The molecule has 0 aliphatic heterocycles. The van der Waals surface area contributed by atoms with E-state index in [0.29, 0.717) is 19.6 Å². The van der Waals surface area contributed by atoms with Gasteiger partial charge < -0.3 is 4.74 Å². The number of hydrogen-bond donors (Lipinski definition) is 0. The monoisotopic (exact) mass is 200 g/mol. The predicted octanol–water partition coefficient (Wildman–Crippen LogP) is 2.42. The van der Waals surface area contributed by atoms with Gasteiger partial charge in [-0.05, 0) is 18.3 Å². The van der Waals surface area contributed by atoms with E-state index in [2.05, 4.69) is 0 Å². The highest BCUT2D eigenvalue weighted by atomic mass is 16.5. The second-order valence-electron chi connectivity index (χ2n) is 4.78. The Morgan fingerprint density at radius 3 is 2.36 bits per heavy atom. The Bertz CT molecular complexity index is 161. The zero-order valence-electron chi connectivity index (χ0n) is 9.56. The van der Waals surface area contributed by atoms with Gasteiger partial charge in [0.15, 0.2) is 0 Å². The van der Waals surface area contributed by atoms with Crippen molar-refractivity contribution in [3.05, 3.63) is 0 Å². The molecule has 0 saturated carbocycles. The maximum absolute atomic E-state index is 11.2. The van der Waals surface area contributed by atoms with Gasteiger partial charge in [0.1, 0.15) is 0 Å². The molecule has 0 rings (SSSR count). The van der Waals surface area contributed by atoms with Gasteiger partial charge in [-0.15, -0.1) is 0 Å². The van der Waals surface area contributed by atoms with E-state index in [-0.39, 0.29) is 11.4 Å². The standard InChI is InChI=1S/C11H22NO2/c1-11(2,3)9-14-10(13)7-5-4-6-8-12/h12H,4-9H2,1-3H3. The highest BCUT2D eigenvalue weighted by Gasteiger charge is 2.13. The minimum atomic E-state index is -0.107. The molecule has 0 aliphatic rings. The quantitative estimate of drug-likeness (QED) is 0.488. The number of nitrogens with one attached hydrogen (secondary N) is 1. The van der Waals surface area contributed by atoms with Crippen LogP contribution in [0.15, 0.2) is 0 Å². The van der Waals surface area contributed by atoms with Crippen molar-refractivity contribution >= 4 is 5.97 Å². The maximum Gasteiger partial charge on any atom is 0.305 e. The zero-order chi connectivity index (χ0) is 11.0. The van der Waals surface area contributed by atoms with Crippen molar-refractivity contribution in [2.45, 2.75) is 46.5 Å². The largest absolute Gasteiger partial charge is 0.465 e. The summed E-state index contributed by atoms with van der Waals surface area (Å²) in [5.74, 6) is -0.107. The normalized spacial score (nSPS) is 11.4. The first kappa shape index (κ1) is 13.4. The molecule has 3 nitrogen and oxygen atoms in total. The molecule has 0 amide bonds. The molecule has 0 heterocycles. The average Bonchev–Trinajstić information content (AvgIpc) is 2.08. The van der Waals surface area contributed by atoms with Crippen molar-refractivity contribution < 1.29 is 9.53 Å². The predicted molar refractivity (Wildman–Crippen MR) is 56.8 cm³/mol. The minimum absolute atomic E-state index is 0.0524. The Morgan fingerprint density at radius 1 is 1.21 bits per heavy atom. The van der Waals surface area contributed by atoms with Crippen LogP contribution in [0, 0.1) is 5.41 Å². The van der Waals surface area contributed by atoms with Crippen LogP contribution in [0.25, 0.3) is 0 Å². The van der Waals surface area contributed by atoms with E-state index in [1.54, 1.807) is 0 Å². The fraction of sp³-hybridized carbons (Fsp3) is 0.909. The first-order valence-corrected chi connectivity index (χ1v) is 5.26. The summed E-state index contributed by atoms with van der Waals surface area (Å²) < 4.78 is 5.10. The number of rotatable bonds is 6. The van der Waals surface area contributed by atoms with Crippen molar-refractivity contribution in [1.82, 2.24) is 5.73 Å². The fourth-order valence-corrected chi connectivity index (χ4v) is 0.940. The number of carbonyl (C=O) groups is 1. The molecule has 0 bridgehead atoms. The lowest BCUT2D eigenvalue weighted by Crippen LogP contribution is -2.18. The molecule has 0 unspecified atom stereocenters. The van der Waals surface area contributed by atoms with E-state index in [1.165, 1.54) is 0 Å². The molecule has 83 valence electrons. The molecule has 1 radical (unpaired) electrons. The Morgan fingerprint density at radius 2 is 1.86 bits per heavy atom. The van der Waals surface area contributed by atoms with E-state index in [9.17, 15) is 4.79 Å². The van der Waals surface area contributed by atoms with Crippen molar-refractivity contribution in [2.75, 3.05) is 13.2 Å². The summed E-state index contributed by atoms with van der Waals surface area (Å²) in [4.78, 5) is 11.2. The third-order valence-electron chi connectivity index (χ3n) is 1.72. The van der Waals surface area contributed by atoms with E-state index in [0.717, 1.165) is 19.3 Å². The second kappa shape index (κ2) is 6.82. The van der Waals surface area contributed by atoms with Gasteiger partial charge in [0, 0.05) is 13.0 Å². The summed E-state index contributed by atoms with van der Waals surface area (Å²) in [5.41, 5.74) is 6.99. The molecular weight excluding hydrogens is 178 g/mol. The Hall–Kier alpha value is -0.570. The molecular formula is C11H22NO2. The number of carbonyl (C=O) groups excluding carboxylic acids is 1. The molecule has 0 aromatic carbocycles. The molecule has 0 atom stereocenters. The van der Waals surface area contributed by atoms with Crippen LogP contribution in [0.1, 0.15) is 46.5 Å². The molecule has 3 heteroatoms. The van der Waals surface area contributed by atoms with Gasteiger partial charge in [-0.2, -0.15) is 0 Å². The summed E-state index contributed by atoms with van der Waals surface area (Å²) in [7, 11) is 0. The number of ether oxygens (including phenoxy) is 1. The molecule has 0 aromatic rings. The van der Waals surface area contributed by atoms with Crippen LogP contribution in [0.3, 0.4) is 0 Å². The molecule has 0 aromatic heterocycles. The SMILES string of the molecule is CC(C)(C)COC(=O)CCCCC[NH]. The summed E-state index contributed by atoms with van der Waals surface area (Å²) in [5, 5.41) is 0. The van der Waals surface area contributed by atoms with Crippen molar-refractivity contribution in [3.8, 4) is 0 Å². The van der Waals surface area contributed by atoms with Gasteiger partial charge in [-0.25, -0.2) is 0 Å². The summed E-state index contributed by atoms with van der Waals surface area (Å²) in [6, 6.07) is 0. The highest BCUT2D eigenvalue weighted by molar-refractivity contribution is 5.69. The summed E-state index contributed by atoms with van der Waals surface area (Å²) >= 11 is 0. The second-order valence-corrected chi connectivity index (χ2v) is 4.78. The third-order valence-corrected chi connectivity index (χ3v) is 1.72. The van der Waals surface area contributed by atoms with E-state index in [1.807, 2.05) is 20.8 Å². The van der Waals surface area contributed by atoms with Gasteiger partial charge >= 0.3 is 5.97 Å². The number of unbranched alkanes of at least 4 members (excludes halogenated alkanes) is 2. The molecule has 0 spiro atoms. The Labute approximate surface area is 87.0 Å². The molecule has 0 saturated heterocycles. The average molecular weight is 200 g/mol. The number of hydrogen-bond acceptors (Lipinski definition) is 2. The lowest BCUT2D eigenvalue weighted by Gasteiger charge is -2.17. The fourth-order valence-electron chi connectivity index (χ4n) is 0.940. The molecule has 0 fully saturated rings. The van der Waals surface area contributed by atoms with E-state index >= 15 is 0 Å². The molecule has 14 heavy (non-hydrogen) atoms. The molecule has 0 aliphatic carbocycles. The van der Waals surface area contributed by atoms with Crippen molar-refractivity contribution in [3.63, 3.8) is 0 Å². The third kappa shape index (κ3) is 9.52. The summed E-state index contributed by atoms with van der Waals surface area (Å²) in [6.45, 7) is 7.07. The van der Waals surface area contributed by atoms with Crippen LogP contribution < -0.4 is 5.73 Å². The van der Waals surface area contributed by atoms with Crippen LogP contribution in [0.2, 0.25) is 0 Å². The zero-order valence-corrected chi connectivity index (χ0v) is 9.56. The van der Waals surface area contributed by atoms with Crippen molar-refractivity contribution in [1.29, 1.82) is 0 Å². The Kier molecular flexibility index (Phi) is 6.54. The van der Waals surface area contributed by atoms with Crippen LogP contribution in [-0.4, -0.2) is 19.1 Å². The van der Waals surface area contributed by atoms with E-state index in [4.69, 9.17) is 10.5 Å². The smallest absolute Gasteiger partial charge is 0.305 e. The van der Waals surface area contributed by atoms with Crippen LogP contribution >= 0.6 is 0 Å². The van der Waals surface area contributed by atoms with Crippen LogP contribution in [-0.2, 0) is 9.53 Å². The first-order valence-electron chi connectivity index (χ1n) is 5.26. The lowest BCUT2D eigenvalue weighted by atomic mass is 9.99. The van der Waals surface area contributed by atoms with Gasteiger partial charge in [0.05, 0.1) is 6.61 Å². The topological polar surface area (TPSA) is 50.1 Å². The van der Waals surface area contributed by atoms with Gasteiger partial charge in [0.2, 0.25) is 0 Å². The van der Waals surface area contributed by atoms with Gasteiger partial charge in [-0.3, -0.25) is 10.5 Å². The maximum atomic E-state index is 11.2. The van der Waals surface area contributed by atoms with Gasteiger partial charge in [-0.1, -0.05) is 27.2 Å². The molecule has 1 N–H and O–H groups in total. The van der Waals surface area contributed by atoms with E-state index < -0.39 is 0 Å². The Balaban J connectivity index is 3.38. The first-order chi connectivity index (χ1) is 6.45. The minimum Gasteiger partial charge on any atom is -0.465 e. The summed E-state index contributed by atoms with van der Waals surface area (Å²) in [6.07, 6.45) is 3.18. The van der Waals surface area contributed by atoms with Crippen LogP contribution in [0.5, 0.6) is 0 Å². The number of esters is 1. The van der Waals surface area contributed by atoms with Crippen molar-refractivity contribution in [2.24, 2.45) is 5.41 Å². The highest BCUT2D eigenvalue weighted by Crippen LogP contribution is 2.13. The lowest BCUT2D eigenvalue weighted by molar-refractivity contribution is -0.146.